The molecule has 9 heteroatoms. The van der Waals surface area contributed by atoms with Crippen molar-refractivity contribution in [3.63, 3.8) is 0 Å². The number of carboxylic acids is 2. The molecule has 0 bridgehead atoms. The van der Waals surface area contributed by atoms with Crippen molar-refractivity contribution >= 4 is 33.4 Å². The number of piperidine rings is 1. The number of hydrogen-bond acceptors (Lipinski definition) is 7. The molecule has 2 aliphatic rings. The van der Waals surface area contributed by atoms with Crippen molar-refractivity contribution in [2.24, 2.45) is 0 Å². The summed E-state index contributed by atoms with van der Waals surface area (Å²) in [6.45, 7) is 6.04. The molecule has 0 aliphatic carbocycles. The first-order valence-electron chi connectivity index (χ1n) is 12.1. The second-order valence-electron chi connectivity index (χ2n) is 9.07. The number of rotatable bonds is 6. The van der Waals surface area contributed by atoms with E-state index in [1.54, 1.807) is 4.88 Å². The first-order valence-corrected chi connectivity index (χ1v) is 12.9. The van der Waals surface area contributed by atoms with Crippen LogP contribution in [0.1, 0.15) is 34.8 Å². The molecule has 5 rings (SSSR count). The quantitative estimate of drug-likeness (QED) is 0.425. The van der Waals surface area contributed by atoms with Crippen molar-refractivity contribution in [2.75, 3.05) is 32.8 Å². The summed E-state index contributed by atoms with van der Waals surface area (Å²) < 4.78 is 12.9. The minimum Gasteiger partial charge on any atom is -0.493 e. The van der Waals surface area contributed by atoms with E-state index in [1.165, 1.54) is 15.6 Å². The van der Waals surface area contributed by atoms with Crippen LogP contribution in [0.25, 0.3) is 10.1 Å². The second-order valence-corrected chi connectivity index (χ2v) is 10.2. The predicted octanol–water partition coefficient (Wildman–Crippen LogP) is 3.92. The molecule has 3 heterocycles. The van der Waals surface area contributed by atoms with E-state index in [2.05, 4.69) is 36.1 Å². The average molecular weight is 514 g/mol. The van der Waals surface area contributed by atoms with Gasteiger partial charge in [0, 0.05) is 28.1 Å². The van der Waals surface area contributed by atoms with Crippen LogP contribution < -0.4 is 9.47 Å². The maximum atomic E-state index is 10.5. The van der Waals surface area contributed by atoms with Crippen LogP contribution in [0.2, 0.25) is 0 Å². The summed E-state index contributed by atoms with van der Waals surface area (Å²) in [7, 11) is 0. The fourth-order valence-corrected chi connectivity index (χ4v) is 6.20. The molecule has 192 valence electrons. The minimum atomic E-state index is -1.82. The Bertz CT molecular complexity index is 1200. The van der Waals surface area contributed by atoms with Crippen LogP contribution in [-0.2, 0) is 16.0 Å². The molecule has 0 spiro atoms. The molecular formula is C27H31NO7S. The van der Waals surface area contributed by atoms with Crippen LogP contribution in [0.15, 0.2) is 42.5 Å². The number of carboxylic acid groups (broad SMARTS) is 2. The molecule has 3 aromatic rings. The number of β-amino-alcohol motifs (C(OH)–C–C–N with tert-alkyl or cyclic N) is 1. The molecule has 0 unspecified atom stereocenters. The van der Waals surface area contributed by atoms with Crippen molar-refractivity contribution in [2.45, 2.75) is 38.2 Å². The van der Waals surface area contributed by atoms with Crippen LogP contribution in [0, 0.1) is 6.92 Å². The number of fused-ring (bicyclic) bond motifs is 2. The number of hydrogen-bond donors (Lipinski definition) is 3. The summed E-state index contributed by atoms with van der Waals surface area (Å²) in [4.78, 5) is 22.1. The number of carbonyl (C=O) groups is 2. The zero-order chi connectivity index (χ0) is 25.7. The van der Waals surface area contributed by atoms with E-state index in [4.69, 9.17) is 29.3 Å². The Balaban J connectivity index is 0.000000455. The molecule has 1 atom stereocenters. The molecule has 1 fully saturated rings. The topological polar surface area (TPSA) is 117 Å². The summed E-state index contributed by atoms with van der Waals surface area (Å²) >= 11 is 1.96. The van der Waals surface area contributed by atoms with Crippen LogP contribution in [-0.4, -0.2) is 71.1 Å². The third kappa shape index (κ3) is 6.16. The van der Waals surface area contributed by atoms with Gasteiger partial charge in [-0.05, 0) is 67.9 Å². The Morgan fingerprint density at radius 1 is 1.11 bits per heavy atom. The van der Waals surface area contributed by atoms with Crippen molar-refractivity contribution in [3.8, 4) is 11.5 Å². The third-order valence-corrected chi connectivity index (χ3v) is 8.06. The monoisotopic (exact) mass is 513 g/mol. The number of likely N-dealkylation sites (tertiary alicyclic amines) is 1. The van der Waals surface area contributed by atoms with E-state index in [0.717, 1.165) is 49.4 Å². The summed E-state index contributed by atoms with van der Waals surface area (Å²) in [6, 6.07) is 14.6. The molecule has 1 saturated heterocycles. The van der Waals surface area contributed by atoms with Gasteiger partial charge in [0.25, 0.3) is 0 Å². The van der Waals surface area contributed by atoms with Gasteiger partial charge in [-0.2, -0.15) is 0 Å². The molecule has 2 aliphatic heterocycles. The molecule has 1 aromatic heterocycles. The van der Waals surface area contributed by atoms with E-state index in [9.17, 15) is 5.11 Å². The summed E-state index contributed by atoms with van der Waals surface area (Å²) in [5.41, 5.74) is 2.59. The Morgan fingerprint density at radius 2 is 1.83 bits per heavy atom. The number of aliphatic carboxylic acids is 2. The number of aliphatic hydroxyl groups excluding tert-OH is 1. The standard InChI is InChI=1S/C25H29NO3S.C2H2O4/c1-17-20-5-2-3-8-24(20)30-25(17)18-9-12-26(13-10-18)15-19(27)16-29-23-7-4-6-22-21(23)11-14-28-22;3-1(4)2(5)6/h2-8,18-19,27H,9-16H2,1H3;(H,3,4)(H,5,6)/t19-;/m0./s1. The van der Waals surface area contributed by atoms with Crippen molar-refractivity contribution < 1.29 is 34.4 Å². The van der Waals surface area contributed by atoms with Crippen molar-refractivity contribution in [3.05, 3.63) is 58.5 Å². The smallest absolute Gasteiger partial charge is 0.414 e. The number of benzene rings is 2. The lowest BCUT2D eigenvalue weighted by molar-refractivity contribution is -0.159. The van der Waals surface area contributed by atoms with Gasteiger partial charge in [-0.1, -0.05) is 24.3 Å². The van der Waals surface area contributed by atoms with Gasteiger partial charge in [-0.15, -0.1) is 11.3 Å². The molecule has 3 N–H and O–H groups in total. The molecule has 2 aromatic carbocycles. The highest BCUT2D eigenvalue weighted by Gasteiger charge is 2.25. The summed E-state index contributed by atoms with van der Waals surface area (Å²) in [6.07, 6.45) is 2.72. The van der Waals surface area contributed by atoms with Gasteiger partial charge in [-0.3, -0.25) is 0 Å². The zero-order valence-corrected chi connectivity index (χ0v) is 21.0. The summed E-state index contributed by atoms with van der Waals surface area (Å²) in [5.74, 6) is -1.24. The van der Waals surface area contributed by atoms with E-state index >= 15 is 0 Å². The lowest BCUT2D eigenvalue weighted by Crippen LogP contribution is -2.40. The third-order valence-electron chi connectivity index (χ3n) is 6.62. The lowest BCUT2D eigenvalue weighted by atomic mass is 9.92. The highest BCUT2D eigenvalue weighted by Crippen LogP contribution is 2.40. The van der Waals surface area contributed by atoms with E-state index in [0.29, 0.717) is 25.7 Å². The first kappa shape index (κ1) is 25.9. The predicted molar refractivity (Wildman–Crippen MR) is 137 cm³/mol. The van der Waals surface area contributed by atoms with Gasteiger partial charge in [0.2, 0.25) is 0 Å². The fourth-order valence-electron chi connectivity index (χ4n) is 4.82. The summed E-state index contributed by atoms with van der Waals surface area (Å²) in [5, 5.41) is 26.7. The molecule has 8 nitrogen and oxygen atoms in total. The van der Waals surface area contributed by atoms with Crippen molar-refractivity contribution in [1.82, 2.24) is 4.90 Å². The number of ether oxygens (including phenoxy) is 2. The molecule has 0 amide bonds. The van der Waals surface area contributed by atoms with Gasteiger partial charge in [-0.25, -0.2) is 9.59 Å². The van der Waals surface area contributed by atoms with Gasteiger partial charge in [0.1, 0.15) is 24.2 Å². The van der Waals surface area contributed by atoms with Crippen LogP contribution in [0.5, 0.6) is 11.5 Å². The number of aryl methyl sites for hydroxylation is 1. The highest BCUT2D eigenvalue weighted by molar-refractivity contribution is 7.19. The fraction of sp³-hybridized carbons (Fsp3) is 0.407. The molecule has 0 saturated carbocycles. The lowest BCUT2D eigenvalue weighted by Gasteiger charge is -2.33. The Kier molecular flexibility index (Phi) is 8.45. The van der Waals surface area contributed by atoms with E-state index in [-0.39, 0.29) is 0 Å². The second kappa shape index (κ2) is 11.7. The van der Waals surface area contributed by atoms with Crippen LogP contribution >= 0.6 is 11.3 Å². The maximum absolute atomic E-state index is 10.5. The number of nitrogens with zero attached hydrogens (tertiary/aromatic N) is 1. The maximum Gasteiger partial charge on any atom is 0.414 e. The normalized spacial score (nSPS) is 16.5. The van der Waals surface area contributed by atoms with Gasteiger partial charge in [0.05, 0.1) is 6.61 Å². The average Bonchev–Trinajstić information content (AvgIpc) is 3.49. The Labute approximate surface area is 213 Å². The Hall–Kier alpha value is -3.14. The highest BCUT2D eigenvalue weighted by atomic mass is 32.1. The Morgan fingerprint density at radius 3 is 2.53 bits per heavy atom. The van der Waals surface area contributed by atoms with Crippen LogP contribution in [0.3, 0.4) is 0 Å². The van der Waals surface area contributed by atoms with Gasteiger partial charge >= 0.3 is 11.9 Å². The molecule has 0 radical (unpaired) electrons. The van der Waals surface area contributed by atoms with Crippen molar-refractivity contribution in [1.29, 1.82) is 0 Å². The molecular weight excluding hydrogens is 482 g/mol. The van der Waals surface area contributed by atoms with Gasteiger partial charge in [0.15, 0.2) is 0 Å². The minimum absolute atomic E-state index is 0.325. The molecule has 36 heavy (non-hydrogen) atoms. The SMILES string of the molecule is Cc1c(C2CCN(C[C@H](O)COc3cccc4c3CCO4)CC2)sc2ccccc12.O=C(O)C(=O)O. The zero-order valence-electron chi connectivity index (χ0n) is 20.2. The largest absolute Gasteiger partial charge is 0.493 e. The van der Waals surface area contributed by atoms with E-state index < -0.39 is 18.0 Å². The number of aliphatic hydroxyl groups is 1. The van der Waals surface area contributed by atoms with Gasteiger partial charge < -0.3 is 29.7 Å². The van der Waals surface area contributed by atoms with Crippen LogP contribution in [0.4, 0.5) is 0 Å². The van der Waals surface area contributed by atoms with E-state index in [1.807, 2.05) is 29.5 Å². The number of thiophene rings is 1. The first-order chi connectivity index (χ1) is 17.3.